The molecule has 0 radical (unpaired) electrons. The van der Waals surface area contributed by atoms with Gasteiger partial charge in [0.25, 0.3) is 0 Å². The quantitative estimate of drug-likeness (QED) is 0.509. The Hall–Kier alpha value is -1.05. The monoisotopic (exact) mass is 455 g/mol. The fourth-order valence-electron chi connectivity index (χ4n) is 2.91. The average Bonchev–Trinajstić information content (AvgIpc) is 3.04. The van der Waals surface area contributed by atoms with Gasteiger partial charge in [-0.05, 0) is 78.3 Å². The molecule has 0 aliphatic carbocycles. The van der Waals surface area contributed by atoms with Crippen LogP contribution in [0.25, 0.3) is 16.3 Å². The van der Waals surface area contributed by atoms with Gasteiger partial charge in [-0.3, -0.25) is 0 Å². The highest BCUT2D eigenvalue weighted by Crippen LogP contribution is 2.38. The first-order valence-electron chi connectivity index (χ1n) is 7.60. The third-order valence-corrected chi connectivity index (χ3v) is 5.96. The Morgan fingerprint density at radius 3 is 2.70 bits per heavy atom. The van der Waals surface area contributed by atoms with Crippen LogP contribution in [0, 0.1) is 3.57 Å². The van der Waals surface area contributed by atoms with E-state index in [0.29, 0.717) is 0 Å². The fraction of sp³-hybridized carbons (Fsp3) is 0.235. The maximum atomic E-state index is 6.13. The molecule has 0 saturated heterocycles. The van der Waals surface area contributed by atoms with Crippen molar-refractivity contribution in [1.29, 1.82) is 0 Å². The van der Waals surface area contributed by atoms with Gasteiger partial charge in [-0.15, -0.1) is 11.3 Å². The first-order chi connectivity index (χ1) is 11.2. The molecule has 0 fully saturated rings. The number of nitrogens with zero attached hydrogens (tertiary/aromatic N) is 2. The van der Waals surface area contributed by atoms with E-state index in [-0.39, 0.29) is 0 Å². The maximum absolute atomic E-state index is 6.13. The zero-order chi connectivity index (χ0) is 15.8. The third-order valence-electron chi connectivity index (χ3n) is 4.01. The van der Waals surface area contributed by atoms with Gasteiger partial charge in [0.05, 0.1) is 14.9 Å². The van der Waals surface area contributed by atoms with Gasteiger partial charge in [0.2, 0.25) is 0 Å². The summed E-state index contributed by atoms with van der Waals surface area (Å²) in [6, 6.07) is 12.5. The minimum absolute atomic E-state index is 0.805. The normalized spacial score (nSPS) is 14.2. The molecule has 0 bridgehead atoms. The van der Waals surface area contributed by atoms with Gasteiger partial charge in [0, 0.05) is 15.7 Å². The fourth-order valence-corrected chi connectivity index (χ4v) is 4.33. The molecule has 1 aromatic carbocycles. The smallest absolute Gasteiger partial charge is 0.133 e. The highest BCUT2D eigenvalue weighted by Gasteiger charge is 2.22. The summed E-state index contributed by atoms with van der Waals surface area (Å²) in [5, 5.41) is 8.49. The van der Waals surface area contributed by atoms with Crippen LogP contribution in [0.15, 0.2) is 36.4 Å². The van der Waals surface area contributed by atoms with E-state index in [2.05, 4.69) is 58.2 Å². The Bertz CT molecular complexity index is 838. The molecular formula is C17H15ClIN3S. The summed E-state index contributed by atoms with van der Waals surface area (Å²) in [5.74, 6) is 1.13. The summed E-state index contributed by atoms with van der Waals surface area (Å²) in [6.07, 6.45) is 3.42. The molecule has 1 aliphatic heterocycles. The standard InChI is InChI=1S/C17H15ClIN3S/c18-15-9-8-14(23-15)16-13-3-1-2-10-20-17(13)22(21-16)12-6-4-11(19)5-7-12/h4-9,20H,1-3,10H2. The van der Waals surface area contributed by atoms with Crippen molar-refractivity contribution in [2.75, 3.05) is 11.9 Å². The van der Waals surface area contributed by atoms with Crippen LogP contribution in [-0.2, 0) is 6.42 Å². The number of hydrogen-bond acceptors (Lipinski definition) is 3. The summed E-state index contributed by atoms with van der Waals surface area (Å²) < 4.78 is 4.07. The van der Waals surface area contributed by atoms with Crippen molar-refractivity contribution in [3.8, 4) is 16.3 Å². The first kappa shape index (κ1) is 15.5. The number of fused-ring (bicyclic) bond motifs is 1. The Kier molecular flexibility index (Phi) is 4.34. The summed E-state index contributed by atoms with van der Waals surface area (Å²) in [4.78, 5) is 1.14. The van der Waals surface area contributed by atoms with Gasteiger partial charge >= 0.3 is 0 Å². The molecule has 4 rings (SSSR count). The highest BCUT2D eigenvalue weighted by molar-refractivity contribution is 14.1. The number of thiophene rings is 1. The molecule has 3 aromatic rings. The van der Waals surface area contributed by atoms with Crippen LogP contribution in [-0.4, -0.2) is 16.3 Å². The molecular weight excluding hydrogens is 441 g/mol. The molecule has 6 heteroatoms. The van der Waals surface area contributed by atoms with Gasteiger partial charge < -0.3 is 5.32 Å². The van der Waals surface area contributed by atoms with Crippen molar-refractivity contribution >= 4 is 51.3 Å². The van der Waals surface area contributed by atoms with Crippen molar-refractivity contribution in [3.05, 3.63) is 49.9 Å². The number of halogens is 2. The van der Waals surface area contributed by atoms with Gasteiger partial charge in [-0.2, -0.15) is 5.10 Å². The van der Waals surface area contributed by atoms with E-state index < -0.39 is 0 Å². The summed E-state index contributed by atoms with van der Waals surface area (Å²) in [5.41, 5.74) is 3.45. The second kappa shape index (κ2) is 6.45. The molecule has 1 aliphatic rings. The predicted molar refractivity (Wildman–Crippen MR) is 106 cm³/mol. The minimum Gasteiger partial charge on any atom is -0.370 e. The van der Waals surface area contributed by atoms with E-state index in [1.807, 2.05) is 10.7 Å². The number of benzene rings is 1. The Balaban J connectivity index is 1.89. The summed E-state index contributed by atoms with van der Waals surface area (Å²) in [6.45, 7) is 0.994. The van der Waals surface area contributed by atoms with Crippen molar-refractivity contribution < 1.29 is 0 Å². The lowest BCUT2D eigenvalue weighted by molar-refractivity contribution is 0.780. The Morgan fingerprint density at radius 1 is 1.13 bits per heavy atom. The molecule has 1 N–H and O–H groups in total. The second-order valence-corrected chi connectivity index (χ2v) is 8.51. The van der Waals surface area contributed by atoms with E-state index in [0.717, 1.165) is 39.4 Å². The Morgan fingerprint density at radius 2 is 1.96 bits per heavy atom. The Labute approximate surface area is 157 Å². The molecule has 2 aromatic heterocycles. The van der Waals surface area contributed by atoms with E-state index >= 15 is 0 Å². The molecule has 23 heavy (non-hydrogen) atoms. The van der Waals surface area contributed by atoms with Crippen molar-refractivity contribution in [2.45, 2.75) is 19.3 Å². The van der Waals surface area contributed by atoms with Gasteiger partial charge in [0.15, 0.2) is 0 Å². The maximum Gasteiger partial charge on any atom is 0.133 e. The molecule has 0 unspecified atom stereocenters. The van der Waals surface area contributed by atoms with Crippen LogP contribution >= 0.6 is 45.5 Å². The second-order valence-electron chi connectivity index (χ2n) is 5.55. The molecule has 3 heterocycles. The summed E-state index contributed by atoms with van der Waals surface area (Å²) in [7, 11) is 0. The number of anilines is 1. The van der Waals surface area contributed by atoms with Gasteiger partial charge in [-0.25, -0.2) is 4.68 Å². The van der Waals surface area contributed by atoms with E-state index in [1.165, 1.54) is 22.0 Å². The largest absolute Gasteiger partial charge is 0.370 e. The lowest BCUT2D eigenvalue weighted by Gasteiger charge is -2.09. The summed E-state index contributed by atoms with van der Waals surface area (Å²) >= 11 is 10.1. The van der Waals surface area contributed by atoms with Crippen molar-refractivity contribution in [1.82, 2.24) is 9.78 Å². The first-order valence-corrected chi connectivity index (χ1v) is 9.87. The SMILES string of the molecule is Clc1ccc(-c2nn(-c3ccc(I)cc3)c3c2CCCCN3)s1. The number of hydrogen-bond donors (Lipinski definition) is 1. The van der Waals surface area contributed by atoms with Crippen molar-refractivity contribution in [2.24, 2.45) is 0 Å². The lowest BCUT2D eigenvalue weighted by Crippen LogP contribution is -2.07. The molecule has 0 spiro atoms. The molecule has 118 valence electrons. The highest BCUT2D eigenvalue weighted by atomic mass is 127. The van der Waals surface area contributed by atoms with Crippen LogP contribution in [0.5, 0.6) is 0 Å². The van der Waals surface area contributed by atoms with E-state index in [4.69, 9.17) is 16.7 Å². The molecule has 3 nitrogen and oxygen atoms in total. The predicted octanol–water partition coefficient (Wildman–Crippen LogP) is 5.61. The van der Waals surface area contributed by atoms with Gasteiger partial charge in [-0.1, -0.05) is 11.6 Å². The zero-order valence-electron chi connectivity index (χ0n) is 12.4. The number of nitrogens with one attached hydrogen (secondary N) is 1. The minimum atomic E-state index is 0.805. The van der Waals surface area contributed by atoms with Crippen LogP contribution in [0.1, 0.15) is 18.4 Å². The van der Waals surface area contributed by atoms with Crippen LogP contribution in [0.2, 0.25) is 4.34 Å². The molecule has 0 amide bonds. The van der Waals surface area contributed by atoms with E-state index in [1.54, 1.807) is 11.3 Å². The topological polar surface area (TPSA) is 29.9 Å². The van der Waals surface area contributed by atoms with Crippen LogP contribution < -0.4 is 5.32 Å². The zero-order valence-corrected chi connectivity index (χ0v) is 16.1. The van der Waals surface area contributed by atoms with Crippen LogP contribution in [0.4, 0.5) is 5.82 Å². The average molecular weight is 456 g/mol. The van der Waals surface area contributed by atoms with Gasteiger partial charge in [0.1, 0.15) is 11.5 Å². The number of rotatable bonds is 2. The number of aromatic nitrogens is 2. The third kappa shape index (κ3) is 3.02. The molecule has 0 atom stereocenters. The lowest BCUT2D eigenvalue weighted by atomic mass is 10.1. The van der Waals surface area contributed by atoms with Crippen molar-refractivity contribution in [3.63, 3.8) is 0 Å². The molecule has 0 saturated carbocycles. The van der Waals surface area contributed by atoms with E-state index in [9.17, 15) is 0 Å². The van der Waals surface area contributed by atoms with Crippen LogP contribution in [0.3, 0.4) is 0 Å².